The molecule has 0 radical (unpaired) electrons. The van der Waals surface area contributed by atoms with Gasteiger partial charge in [-0.1, -0.05) is 12.2 Å². The average molecular weight is 391 g/mol. The minimum absolute atomic E-state index is 0.0763. The van der Waals surface area contributed by atoms with Crippen molar-refractivity contribution < 1.29 is 22.2 Å². The van der Waals surface area contributed by atoms with Gasteiger partial charge in [0, 0.05) is 13.1 Å². The first-order valence-corrected chi connectivity index (χ1v) is 10.4. The molecular weight excluding hydrogens is 373 g/mol. The average Bonchev–Trinajstić information content (AvgIpc) is 3.29. The van der Waals surface area contributed by atoms with Gasteiger partial charge in [-0.2, -0.15) is 4.31 Å². The van der Waals surface area contributed by atoms with Crippen molar-refractivity contribution >= 4 is 21.1 Å². The number of halogens is 1. The molecule has 5 rings (SSSR count). The zero-order valence-electron chi connectivity index (χ0n) is 14.5. The van der Waals surface area contributed by atoms with Crippen LogP contribution in [0.1, 0.15) is 25.7 Å². The summed E-state index contributed by atoms with van der Waals surface area (Å²) in [4.78, 5) is -0.0825. The number of rotatable bonds is 2. The highest BCUT2D eigenvalue weighted by molar-refractivity contribution is 7.89. The first-order chi connectivity index (χ1) is 13.0. The van der Waals surface area contributed by atoms with Crippen LogP contribution in [0.2, 0.25) is 0 Å². The van der Waals surface area contributed by atoms with Gasteiger partial charge in [0.15, 0.2) is 16.9 Å². The van der Waals surface area contributed by atoms with Gasteiger partial charge in [0.1, 0.15) is 4.90 Å². The van der Waals surface area contributed by atoms with E-state index in [4.69, 9.17) is 4.74 Å². The Balaban J connectivity index is 1.44. The Hall–Kier alpha value is -2.10. The van der Waals surface area contributed by atoms with Crippen LogP contribution in [0, 0.1) is 5.82 Å². The minimum atomic E-state index is -3.84. The van der Waals surface area contributed by atoms with Crippen molar-refractivity contribution in [1.82, 2.24) is 14.6 Å². The molecule has 1 spiro atoms. The molecule has 1 aliphatic carbocycles. The summed E-state index contributed by atoms with van der Waals surface area (Å²) in [6.07, 6.45) is 7.53. The van der Waals surface area contributed by atoms with Crippen LogP contribution in [-0.4, -0.2) is 48.3 Å². The van der Waals surface area contributed by atoms with E-state index in [-0.39, 0.29) is 21.5 Å². The van der Waals surface area contributed by atoms with Gasteiger partial charge < -0.3 is 4.74 Å². The van der Waals surface area contributed by atoms with Crippen LogP contribution in [-0.2, 0) is 14.8 Å². The zero-order chi connectivity index (χ0) is 18.6. The van der Waals surface area contributed by atoms with Gasteiger partial charge in [-0.3, -0.25) is 0 Å². The topological polar surface area (TPSA) is 85.5 Å². The lowest BCUT2D eigenvalue weighted by Gasteiger charge is -2.39. The van der Waals surface area contributed by atoms with E-state index in [9.17, 15) is 12.8 Å². The number of hydrogen-bond donors (Lipinski definition) is 0. The summed E-state index contributed by atoms with van der Waals surface area (Å²) in [6.45, 7) is 1.30. The SMILES string of the molecule is O=S(=O)(c1ccc(F)c2nonc12)N1CCC2(CC1)OCC1=C2C=CCC1. The summed E-state index contributed by atoms with van der Waals surface area (Å²) >= 11 is 0. The standard InChI is InChI=1S/C18H18FN3O4S/c19-14-5-6-15(17-16(14)20-26-21-17)27(23,24)22-9-7-18(8-10-22)13-4-2-1-3-12(13)11-25-18/h2,4-6H,1,3,7-11H2. The Bertz CT molecular complexity index is 1080. The van der Waals surface area contributed by atoms with Crippen molar-refractivity contribution in [3.05, 3.63) is 41.2 Å². The summed E-state index contributed by atoms with van der Waals surface area (Å²) in [5.74, 6) is -0.661. The fourth-order valence-electron chi connectivity index (χ4n) is 4.30. The summed E-state index contributed by atoms with van der Waals surface area (Å²) < 4.78 is 52.1. The highest BCUT2D eigenvalue weighted by Gasteiger charge is 2.46. The molecule has 0 bridgehead atoms. The van der Waals surface area contributed by atoms with Gasteiger partial charge in [-0.15, -0.1) is 0 Å². The number of sulfonamides is 1. The Labute approximate surface area is 155 Å². The molecule has 9 heteroatoms. The third-order valence-electron chi connectivity index (χ3n) is 5.77. The molecule has 0 saturated carbocycles. The highest BCUT2D eigenvalue weighted by atomic mass is 32.2. The van der Waals surface area contributed by atoms with Gasteiger partial charge in [0.25, 0.3) is 0 Å². The van der Waals surface area contributed by atoms with Crippen molar-refractivity contribution in [2.24, 2.45) is 0 Å². The molecular formula is C18H18FN3O4S. The molecule has 0 amide bonds. The number of piperidine rings is 1. The van der Waals surface area contributed by atoms with Crippen molar-refractivity contribution in [1.29, 1.82) is 0 Å². The molecule has 0 N–H and O–H groups in total. The molecule has 2 aromatic rings. The predicted molar refractivity (Wildman–Crippen MR) is 93.8 cm³/mol. The summed E-state index contributed by atoms with van der Waals surface area (Å²) in [5, 5.41) is 7.06. The molecule has 142 valence electrons. The molecule has 2 aliphatic heterocycles. The second-order valence-corrected chi connectivity index (χ2v) is 9.06. The summed E-state index contributed by atoms with van der Waals surface area (Å²) in [6, 6.07) is 2.30. The van der Waals surface area contributed by atoms with Crippen LogP contribution >= 0.6 is 0 Å². The maximum absolute atomic E-state index is 13.8. The largest absolute Gasteiger partial charge is 0.366 e. The Morgan fingerprint density at radius 2 is 1.93 bits per heavy atom. The Morgan fingerprint density at radius 3 is 2.74 bits per heavy atom. The maximum Gasteiger partial charge on any atom is 0.245 e. The van der Waals surface area contributed by atoms with E-state index in [1.54, 1.807) is 0 Å². The summed E-state index contributed by atoms with van der Waals surface area (Å²) in [7, 11) is -3.84. The lowest BCUT2D eigenvalue weighted by atomic mass is 9.81. The predicted octanol–water partition coefficient (Wildman–Crippen LogP) is 2.56. The molecule has 1 fully saturated rings. The van der Waals surface area contributed by atoms with Crippen LogP contribution in [0.4, 0.5) is 4.39 Å². The molecule has 0 unspecified atom stereocenters. The van der Waals surface area contributed by atoms with E-state index in [0.717, 1.165) is 18.9 Å². The number of nitrogens with zero attached hydrogens (tertiary/aromatic N) is 3. The Morgan fingerprint density at radius 1 is 1.15 bits per heavy atom. The van der Waals surface area contributed by atoms with Gasteiger partial charge in [0.2, 0.25) is 10.0 Å². The lowest BCUT2D eigenvalue weighted by molar-refractivity contribution is -0.0159. The molecule has 3 heterocycles. The highest BCUT2D eigenvalue weighted by Crippen LogP contribution is 2.44. The number of aromatic nitrogens is 2. The maximum atomic E-state index is 13.8. The number of fused-ring (bicyclic) bond motifs is 2. The normalized spacial score (nSPS) is 22.7. The molecule has 0 atom stereocenters. The number of benzene rings is 1. The number of hydrogen-bond acceptors (Lipinski definition) is 6. The molecule has 27 heavy (non-hydrogen) atoms. The van der Waals surface area contributed by atoms with Crippen LogP contribution in [0.3, 0.4) is 0 Å². The van der Waals surface area contributed by atoms with Gasteiger partial charge in [-0.05, 0) is 59.3 Å². The van der Waals surface area contributed by atoms with Crippen LogP contribution in [0.15, 0.2) is 45.0 Å². The Kier molecular flexibility index (Phi) is 3.75. The smallest absolute Gasteiger partial charge is 0.245 e. The van der Waals surface area contributed by atoms with Gasteiger partial charge >= 0.3 is 0 Å². The van der Waals surface area contributed by atoms with Gasteiger partial charge in [0.05, 0.1) is 12.2 Å². The fraction of sp³-hybridized carbons (Fsp3) is 0.444. The van der Waals surface area contributed by atoms with Crippen molar-refractivity contribution in [3.8, 4) is 0 Å². The third kappa shape index (κ3) is 2.49. The van der Waals surface area contributed by atoms with Crippen molar-refractivity contribution in [3.63, 3.8) is 0 Å². The first-order valence-electron chi connectivity index (χ1n) is 8.95. The number of allylic oxidation sites excluding steroid dienone is 1. The quantitative estimate of drug-likeness (QED) is 0.782. The van der Waals surface area contributed by atoms with E-state index in [1.807, 2.05) is 0 Å². The third-order valence-corrected chi connectivity index (χ3v) is 7.70. The minimum Gasteiger partial charge on any atom is -0.366 e. The zero-order valence-corrected chi connectivity index (χ0v) is 15.3. The van der Waals surface area contributed by atoms with Crippen LogP contribution in [0.25, 0.3) is 11.0 Å². The van der Waals surface area contributed by atoms with Gasteiger partial charge in [-0.25, -0.2) is 17.4 Å². The molecule has 7 nitrogen and oxygen atoms in total. The first kappa shape index (κ1) is 17.0. The van der Waals surface area contributed by atoms with Crippen LogP contribution < -0.4 is 0 Å². The van der Waals surface area contributed by atoms with E-state index in [1.165, 1.54) is 21.5 Å². The molecule has 3 aliphatic rings. The van der Waals surface area contributed by atoms with Crippen molar-refractivity contribution in [2.75, 3.05) is 19.7 Å². The molecule has 1 aromatic carbocycles. The molecule has 1 saturated heterocycles. The second-order valence-electron chi connectivity index (χ2n) is 7.15. The summed E-state index contributed by atoms with van der Waals surface area (Å²) in [5.41, 5.74) is 1.93. The fourth-order valence-corrected chi connectivity index (χ4v) is 5.86. The molecule has 1 aromatic heterocycles. The monoisotopic (exact) mass is 391 g/mol. The van der Waals surface area contributed by atoms with E-state index < -0.39 is 15.8 Å². The lowest BCUT2D eigenvalue weighted by Crippen LogP contribution is -2.47. The second kappa shape index (κ2) is 5.95. The van der Waals surface area contributed by atoms with E-state index in [2.05, 4.69) is 27.1 Å². The van der Waals surface area contributed by atoms with Crippen molar-refractivity contribution in [2.45, 2.75) is 36.2 Å². The van der Waals surface area contributed by atoms with Crippen LogP contribution in [0.5, 0.6) is 0 Å². The van der Waals surface area contributed by atoms with E-state index >= 15 is 0 Å². The number of ether oxygens (including phenoxy) is 1. The van der Waals surface area contributed by atoms with E-state index in [0.29, 0.717) is 32.5 Å².